The summed E-state index contributed by atoms with van der Waals surface area (Å²) < 4.78 is 2.05. The minimum absolute atomic E-state index is 0.793. The molecule has 3 aromatic rings. The Morgan fingerprint density at radius 2 is 1.89 bits per heavy atom. The fourth-order valence-electron chi connectivity index (χ4n) is 2.06. The predicted octanol–water partition coefficient (Wildman–Crippen LogP) is 3.64. The summed E-state index contributed by atoms with van der Waals surface area (Å²) >= 11 is 1.80. The second-order valence-corrected chi connectivity index (χ2v) is 5.59. The predicted molar refractivity (Wildman–Crippen MR) is 78.5 cm³/mol. The molecular formula is C15H15N3S. The van der Waals surface area contributed by atoms with Crippen LogP contribution >= 0.6 is 11.8 Å². The highest BCUT2D eigenvalue weighted by molar-refractivity contribution is 7.98. The lowest BCUT2D eigenvalue weighted by molar-refractivity contribution is 1.01. The normalized spacial score (nSPS) is 11.1. The molecule has 96 valence electrons. The molecule has 0 aliphatic carbocycles. The molecule has 2 heterocycles. The molecule has 1 aromatic carbocycles. The van der Waals surface area contributed by atoms with Crippen molar-refractivity contribution in [2.45, 2.75) is 24.5 Å². The van der Waals surface area contributed by atoms with Crippen molar-refractivity contribution in [3.8, 4) is 0 Å². The maximum Gasteiger partial charge on any atom is 0.234 e. The van der Waals surface area contributed by atoms with Crippen LogP contribution in [0.1, 0.15) is 17.1 Å². The Kier molecular flexibility index (Phi) is 3.25. The molecule has 2 aromatic heterocycles. The van der Waals surface area contributed by atoms with Crippen LogP contribution in [0.2, 0.25) is 0 Å². The highest BCUT2D eigenvalue weighted by Gasteiger charge is 2.06. The molecule has 4 heteroatoms. The van der Waals surface area contributed by atoms with Crippen molar-refractivity contribution in [3.63, 3.8) is 0 Å². The zero-order valence-electron chi connectivity index (χ0n) is 11.0. The molecule has 0 unspecified atom stereocenters. The van der Waals surface area contributed by atoms with Crippen molar-refractivity contribution in [2.75, 3.05) is 0 Å². The van der Waals surface area contributed by atoms with Crippen molar-refractivity contribution in [3.05, 3.63) is 59.7 Å². The van der Waals surface area contributed by atoms with Gasteiger partial charge in [-0.3, -0.25) is 4.40 Å². The van der Waals surface area contributed by atoms with Gasteiger partial charge in [0.05, 0.1) is 5.69 Å². The molecule has 0 atom stereocenters. The van der Waals surface area contributed by atoms with Crippen molar-refractivity contribution in [1.29, 1.82) is 0 Å². The lowest BCUT2D eigenvalue weighted by atomic mass is 10.3. The van der Waals surface area contributed by atoms with Gasteiger partial charge in [-0.25, -0.2) is 9.97 Å². The second kappa shape index (κ2) is 5.05. The summed E-state index contributed by atoms with van der Waals surface area (Å²) in [5, 5.41) is 0. The maximum atomic E-state index is 4.58. The molecule has 0 saturated carbocycles. The summed E-state index contributed by atoms with van der Waals surface area (Å²) in [6.45, 7) is 4.08. The summed E-state index contributed by atoms with van der Waals surface area (Å²) in [7, 11) is 0. The Morgan fingerprint density at radius 3 is 2.68 bits per heavy atom. The van der Waals surface area contributed by atoms with E-state index in [1.807, 2.05) is 17.4 Å². The van der Waals surface area contributed by atoms with Gasteiger partial charge in [0.1, 0.15) is 0 Å². The van der Waals surface area contributed by atoms with E-state index in [0.717, 1.165) is 22.9 Å². The van der Waals surface area contributed by atoms with Crippen LogP contribution in [0.5, 0.6) is 0 Å². The summed E-state index contributed by atoms with van der Waals surface area (Å²) in [4.78, 5) is 10.3. The van der Waals surface area contributed by atoms with E-state index in [-0.39, 0.29) is 0 Å². The van der Waals surface area contributed by atoms with E-state index >= 15 is 0 Å². The van der Waals surface area contributed by atoms with Gasteiger partial charge >= 0.3 is 0 Å². The first-order chi connectivity index (χ1) is 9.22. The van der Waals surface area contributed by atoms with Crippen molar-refractivity contribution >= 4 is 17.5 Å². The number of nitrogens with zero attached hydrogens (tertiary/aromatic N) is 3. The van der Waals surface area contributed by atoms with Crippen LogP contribution in [-0.2, 0) is 5.75 Å². The van der Waals surface area contributed by atoms with E-state index in [1.54, 1.807) is 11.8 Å². The molecule has 0 saturated heterocycles. The van der Waals surface area contributed by atoms with Gasteiger partial charge in [-0.05, 0) is 32.0 Å². The Bertz CT molecular complexity index is 704. The molecule has 3 rings (SSSR count). The quantitative estimate of drug-likeness (QED) is 0.680. The number of benzene rings is 1. The van der Waals surface area contributed by atoms with Crippen molar-refractivity contribution < 1.29 is 0 Å². The first-order valence-corrected chi connectivity index (χ1v) is 7.21. The molecule has 19 heavy (non-hydrogen) atoms. The molecule has 3 nitrogen and oxygen atoms in total. The standard InChI is InChI=1S/C15H15N3S/c1-11-8-12(2)18-9-13(17-15(18)16-11)10-19-14-6-4-3-5-7-14/h3-9H,10H2,1-2H3. The maximum absolute atomic E-state index is 4.58. The summed E-state index contributed by atoms with van der Waals surface area (Å²) in [5.41, 5.74) is 3.25. The average molecular weight is 269 g/mol. The lowest BCUT2D eigenvalue weighted by Crippen LogP contribution is -1.94. The fourth-order valence-corrected chi connectivity index (χ4v) is 2.86. The third kappa shape index (κ3) is 2.63. The zero-order chi connectivity index (χ0) is 13.2. The van der Waals surface area contributed by atoms with Gasteiger partial charge < -0.3 is 0 Å². The Labute approximate surface area is 116 Å². The van der Waals surface area contributed by atoms with E-state index in [9.17, 15) is 0 Å². The average Bonchev–Trinajstić information content (AvgIpc) is 2.81. The molecule has 0 fully saturated rings. The van der Waals surface area contributed by atoms with Crippen LogP contribution in [0.15, 0.2) is 47.5 Å². The first kappa shape index (κ1) is 12.2. The van der Waals surface area contributed by atoms with E-state index in [0.29, 0.717) is 0 Å². The van der Waals surface area contributed by atoms with Gasteiger partial charge in [0.25, 0.3) is 0 Å². The van der Waals surface area contributed by atoms with Crippen LogP contribution in [0.3, 0.4) is 0 Å². The molecule has 0 bridgehead atoms. The highest BCUT2D eigenvalue weighted by Crippen LogP contribution is 2.22. The number of fused-ring (bicyclic) bond motifs is 1. The van der Waals surface area contributed by atoms with Gasteiger partial charge in [-0.15, -0.1) is 11.8 Å². The molecule has 0 aliphatic rings. The minimum atomic E-state index is 0.793. The summed E-state index contributed by atoms with van der Waals surface area (Å²) in [6.07, 6.45) is 2.08. The molecular weight excluding hydrogens is 254 g/mol. The van der Waals surface area contributed by atoms with Crippen molar-refractivity contribution in [1.82, 2.24) is 14.4 Å². The van der Waals surface area contributed by atoms with Crippen molar-refractivity contribution in [2.24, 2.45) is 0 Å². The van der Waals surface area contributed by atoms with E-state index < -0.39 is 0 Å². The topological polar surface area (TPSA) is 30.2 Å². The SMILES string of the molecule is Cc1cc(C)n2cc(CSc3ccccc3)nc2n1. The molecule has 0 aliphatic heterocycles. The van der Waals surface area contributed by atoms with E-state index in [2.05, 4.69) is 53.4 Å². The number of hydrogen-bond acceptors (Lipinski definition) is 3. The Morgan fingerprint density at radius 1 is 1.11 bits per heavy atom. The highest BCUT2D eigenvalue weighted by atomic mass is 32.2. The number of aryl methyl sites for hydroxylation is 2. The number of rotatable bonds is 3. The number of thioether (sulfide) groups is 1. The third-order valence-electron chi connectivity index (χ3n) is 2.94. The number of aromatic nitrogens is 3. The Hall–Kier alpha value is -1.81. The van der Waals surface area contributed by atoms with Crippen LogP contribution in [0.4, 0.5) is 0 Å². The van der Waals surface area contributed by atoms with Gasteiger partial charge in [-0.1, -0.05) is 18.2 Å². The third-order valence-corrected chi connectivity index (χ3v) is 3.99. The van der Waals surface area contributed by atoms with Gasteiger partial charge in [0, 0.05) is 28.2 Å². The summed E-state index contributed by atoms with van der Waals surface area (Å²) in [5.74, 6) is 1.66. The second-order valence-electron chi connectivity index (χ2n) is 4.54. The van der Waals surface area contributed by atoms with E-state index in [4.69, 9.17) is 0 Å². The smallest absolute Gasteiger partial charge is 0.234 e. The first-order valence-electron chi connectivity index (χ1n) is 6.22. The Balaban J connectivity index is 1.84. The van der Waals surface area contributed by atoms with Crippen LogP contribution in [-0.4, -0.2) is 14.4 Å². The van der Waals surface area contributed by atoms with Crippen LogP contribution < -0.4 is 0 Å². The van der Waals surface area contributed by atoms with E-state index in [1.165, 1.54) is 10.6 Å². The molecule has 0 N–H and O–H groups in total. The zero-order valence-corrected chi connectivity index (χ0v) is 11.8. The largest absolute Gasteiger partial charge is 0.288 e. The van der Waals surface area contributed by atoms with Gasteiger partial charge in [0.15, 0.2) is 0 Å². The van der Waals surface area contributed by atoms with Crippen LogP contribution in [0, 0.1) is 13.8 Å². The van der Waals surface area contributed by atoms with Crippen LogP contribution in [0.25, 0.3) is 5.78 Å². The minimum Gasteiger partial charge on any atom is -0.288 e. The fraction of sp³-hybridized carbons (Fsp3) is 0.200. The van der Waals surface area contributed by atoms with Gasteiger partial charge in [0.2, 0.25) is 5.78 Å². The van der Waals surface area contributed by atoms with Gasteiger partial charge in [-0.2, -0.15) is 0 Å². The molecule has 0 spiro atoms. The molecule has 0 radical (unpaired) electrons. The molecule has 0 amide bonds. The monoisotopic (exact) mass is 269 g/mol. The lowest BCUT2D eigenvalue weighted by Gasteiger charge is -1.99. The number of hydrogen-bond donors (Lipinski definition) is 0. The number of imidazole rings is 1. The summed E-state index contributed by atoms with van der Waals surface area (Å²) in [6, 6.07) is 12.5.